The van der Waals surface area contributed by atoms with Crippen LogP contribution in [0, 0.1) is 0 Å². The number of morpholine rings is 1. The third-order valence-electron chi connectivity index (χ3n) is 5.78. The Bertz CT molecular complexity index is 1100. The van der Waals surface area contributed by atoms with E-state index >= 15 is 0 Å². The summed E-state index contributed by atoms with van der Waals surface area (Å²) in [4.78, 5) is 14.5. The van der Waals surface area contributed by atoms with Gasteiger partial charge in [0.15, 0.2) is 0 Å². The first kappa shape index (κ1) is 26.8. The Morgan fingerprint density at radius 1 is 1.11 bits per heavy atom. The van der Waals surface area contributed by atoms with E-state index in [9.17, 15) is 18.3 Å². The van der Waals surface area contributed by atoms with Crippen molar-refractivity contribution in [1.29, 1.82) is 0 Å². The van der Waals surface area contributed by atoms with Gasteiger partial charge in [-0.1, -0.05) is 32.0 Å². The van der Waals surface area contributed by atoms with Crippen molar-refractivity contribution in [2.75, 3.05) is 56.0 Å². The van der Waals surface area contributed by atoms with Crippen LogP contribution in [0.5, 0.6) is 5.75 Å². The van der Waals surface area contributed by atoms with Crippen molar-refractivity contribution >= 4 is 27.4 Å². The molecular weight excluding hydrogens is 470 g/mol. The van der Waals surface area contributed by atoms with Crippen LogP contribution in [0.4, 0.5) is 11.4 Å². The molecule has 1 saturated heterocycles. The largest absolute Gasteiger partial charge is 0.492 e. The number of hydrogen-bond donors (Lipinski definition) is 3. The van der Waals surface area contributed by atoms with Crippen LogP contribution in [0.25, 0.3) is 0 Å². The zero-order valence-electron chi connectivity index (χ0n) is 20.4. The summed E-state index contributed by atoms with van der Waals surface area (Å²) in [5.74, 6) is -1.05. The van der Waals surface area contributed by atoms with Gasteiger partial charge in [-0.05, 0) is 49.6 Å². The summed E-state index contributed by atoms with van der Waals surface area (Å²) < 4.78 is 40.3. The van der Waals surface area contributed by atoms with Crippen LogP contribution in [0.3, 0.4) is 0 Å². The van der Waals surface area contributed by atoms with Gasteiger partial charge in [0.1, 0.15) is 16.2 Å². The van der Waals surface area contributed by atoms with Crippen molar-refractivity contribution in [2.45, 2.75) is 38.0 Å². The molecule has 1 aliphatic rings. The maximum atomic E-state index is 13.4. The minimum absolute atomic E-state index is 0.0251. The van der Waals surface area contributed by atoms with Gasteiger partial charge in [0.05, 0.1) is 31.2 Å². The van der Waals surface area contributed by atoms with Gasteiger partial charge < -0.3 is 19.9 Å². The van der Waals surface area contributed by atoms with Crippen molar-refractivity contribution in [3.05, 3.63) is 47.5 Å². The molecule has 0 aliphatic carbocycles. The number of nitrogens with one attached hydrogen (secondary N) is 2. The van der Waals surface area contributed by atoms with Crippen LogP contribution in [-0.4, -0.2) is 70.4 Å². The number of carboxylic acid groups (broad SMARTS) is 1. The number of sulfonamides is 1. The molecule has 192 valence electrons. The summed E-state index contributed by atoms with van der Waals surface area (Å²) >= 11 is 0. The van der Waals surface area contributed by atoms with Crippen molar-refractivity contribution in [2.24, 2.45) is 0 Å². The fourth-order valence-electron chi connectivity index (χ4n) is 3.97. The van der Waals surface area contributed by atoms with E-state index in [-0.39, 0.29) is 21.9 Å². The summed E-state index contributed by atoms with van der Waals surface area (Å²) in [6.45, 7) is 8.93. The molecule has 1 heterocycles. The molecule has 0 unspecified atom stereocenters. The molecule has 0 amide bonds. The number of aryl methyl sites for hydroxylation is 1. The van der Waals surface area contributed by atoms with Crippen LogP contribution >= 0.6 is 0 Å². The molecule has 0 spiro atoms. The van der Waals surface area contributed by atoms with Gasteiger partial charge in [0.25, 0.3) is 10.0 Å². The number of benzene rings is 2. The summed E-state index contributed by atoms with van der Waals surface area (Å²) in [5.41, 5.74) is 0.966. The fraction of sp³-hybridized carbons (Fsp3) is 0.480. The molecule has 0 saturated carbocycles. The Kier molecular flexibility index (Phi) is 9.76. The first-order valence-electron chi connectivity index (χ1n) is 12.0. The van der Waals surface area contributed by atoms with Crippen molar-refractivity contribution < 1.29 is 27.8 Å². The fourth-order valence-corrected chi connectivity index (χ4v) is 5.22. The zero-order valence-corrected chi connectivity index (χ0v) is 21.2. The number of rotatable bonds is 13. The molecule has 0 radical (unpaired) electrons. The van der Waals surface area contributed by atoms with Crippen LogP contribution < -0.4 is 14.8 Å². The summed E-state index contributed by atoms with van der Waals surface area (Å²) in [6, 6.07) is 9.79. The van der Waals surface area contributed by atoms with E-state index in [0.29, 0.717) is 37.2 Å². The van der Waals surface area contributed by atoms with E-state index in [1.165, 1.54) is 12.1 Å². The van der Waals surface area contributed by atoms with Gasteiger partial charge in [-0.15, -0.1) is 0 Å². The molecule has 35 heavy (non-hydrogen) atoms. The number of hydrogen-bond acceptors (Lipinski definition) is 7. The molecule has 1 aliphatic heterocycles. The minimum atomic E-state index is -4.07. The molecular formula is C25H35N3O6S. The Balaban J connectivity index is 1.79. The lowest BCUT2D eigenvalue weighted by Crippen LogP contribution is -2.37. The van der Waals surface area contributed by atoms with E-state index in [1.54, 1.807) is 24.3 Å². The van der Waals surface area contributed by atoms with Gasteiger partial charge in [-0.3, -0.25) is 9.62 Å². The molecule has 1 fully saturated rings. The highest BCUT2D eigenvalue weighted by molar-refractivity contribution is 7.92. The molecule has 0 aromatic heterocycles. The van der Waals surface area contributed by atoms with Gasteiger partial charge in [-0.2, -0.15) is 0 Å². The van der Waals surface area contributed by atoms with Crippen LogP contribution in [0.15, 0.2) is 41.3 Å². The van der Waals surface area contributed by atoms with Crippen LogP contribution in [0.2, 0.25) is 0 Å². The van der Waals surface area contributed by atoms with Crippen molar-refractivity contribution in [3.63, 3.8) is 0 Å². The summed E-state index contributed by atoms with van der Waals surface area (Å²) in [6.07, 6.45) is 2.11. The molecule has 9 nitrogen and oxygen atoms in total. The maximum absolute atomic E-state index is 13.4. The second-order valence-electron chi connectivity index (χ2n) is 8.32. The quantitative estimate of drug-likeness (QED) is 0.353. The summed E-state index contributed by atoms with van der Waals surface area (Å²) in [7, 11) is -4.07. The highest BCUT2D eigenvalue weighted by Gasteiger charge is 2.25. The first-order chi connectivity index (χ1) is 16.9. The highest BCUT2D eigenvalue weighted by Crippen LogP contribution is 2.34. The average Bonchev–Trinajstić information content (AvgIpc) is 2.85. The monoisotopic (exact) mass is 505 g/mol. The molecule has 3 N–H and O–H groups in total. The average molecular weight is 506 g/mol. The minimum Gasteiger partial charge on any atom is -0.492 e. The van der Waals surface area contributed by atoms with Gasteiger partial charge in [0.2, 0.25) is 0 Å². The van der Waals surface area contributed by atoms with Crippen molar-refractivity contribution in [1.82, 2.24) is 4.90 Å². The van der Waals surface area contributed by atoms with E-state index in [4.69, 9.17) is 9.47 Å². The molecule has 10 heteroatoms. The molecule has 0 atom stereocenters. The Labute approximate surface area is 207 Å². The van der Waals surface area contributed by atoms with E-state index in [1.807, 2.05) is 13.8 Å². The third kappa shape index (κ3) is 7.09. The number of nitrogens with zero attached hydrogens (tertiary/aromatic N) is 1. The Morgan fingerprint density at radius 2 is 1.86 bits per heavy atom. The van der Waals surface area contributed by atoms with E-state index in [0.717, 1.165) is 39.3 Å². The molecule has 2 aromatic carbocycles. The zero-order chi connectivity index (χ0) is 25.3. The maximum Gasteiger partial charge on any atom is 0.341 e. The van der Waals surface area contributed by atoms with Crippen LogP contribution in [-0.2, 0) is 21.2 Å². The lowest BCUT2D eigenvalue weighted by atomic mass is 10.0. The molecule has 0 bridgehead atoms. The SMILES string of the molecule is CCCOc1c(CC)ccc(NS(=O)(=O)c2ccccc2NCCCN2CCOCC2)c1C(=O)O. The van der Waals surface area contributed by atoms with Gasteiger partial charge in [0, 0.05) is 19.6 Å². The van der Waals surface area contributed by atoms with Gasteiger partial charge >= 0.3 is 5.97 Å². The van der Waals surface area contributed by atoms with Crippen LogP contribution in [0.1, 0.15) is 42.6 Å². The molecule has 3 rings (SSSR count). The lowest BCUT2D eigenvalue weighted by Gasteiger charge is -2.26. The smallest absolute Gasteiger partial charge is 0.341 e. The Morgan fingerprint density at radius 3 is 2.54 bits per heavy atom. The summed E-state index contributed by atoms with van der Waals surface area (Å²) in [5, 5.41) is 13.1. The first-order valence-corrected chi connectivity index (χ1v) is 13.5. The van der Waals surface area contributed by atoms with Crippen molar-refractivity contribution in [3.8, 4) is 5.75 Å². The normalized spacial score (nSPS) is 14.5. The Hall–Kier alpha value is -2.82. The number of carboxylic acids is 1. The third-order valence-corrected chi connectivity index (χ3v) is 7.20. The number of para-hydroxylation sites is 1. The number of carbonyl (C=O) groups is 1. The van der Waals surface area contributed by atoms with Gasteiger partial charge in [-0.25, -0.2) is 13.2 Å². The van der Waals surface area contributed by atoms with E-state index < -0.39 is 16.0 Å². The predicted octanol–water partition coefficient (Wildman–Crippen LogP) is 3.67. The number of ether oxygens (including phenoxy) is 2. The second-order valence-corrected chi connectivity index (χ2v) is 9.97. The number of anilines is 2. The topological polar surface area (TPSA) is 117 Å². The highest BCUT2D eigenvalue weighted by atomic mass is 32.2. The standard InChI is InChI=1S/C25H35N3O6S/c1-3-16-34-24-19(4-2)10-11-21(23(24)25(29)30)27-35(31,32)22-9-6-5-8-20(22)26-12-7-13-28-14-17-33-18-15-28/h5-6,8-11,26-27H,3-4,7,12-18H2,1-2H3,(H,29,30). The lowest BCUT2D eigenvalue weighted by molar-refractivity contribution is 0.0378. The number of aromatic carboxylic acids is 1. The second kappa shape index (κ2) is 12.8. The van der Waals surface area contributed by atoms with E-state index in [2.05, 4.69) is 14.9 Å². The predicted molar refractivity (Wildman–Crippen MR) is 136 cm³/mol. The molecule has 2 aromatic rings.